The van der Waals surface area contributed by atoms with Gasteiger partial charge in [-0.25, -0.2) is 4.98 Å². The van der Waals surface area contributed by atoms with Crippen LogP contribution in [0.4, 0.5) is 0 Å². The van der Waals surface area contributed by atoms with Gasteiger partial charge in [-0.2, -0.15) is 5.10 Å². The molecule has 0 radical (unpaired) electrons. The van der Waals surface area contributed by atoms with Gasteiger partial charge in [-0.15, -0.1) is 11.3 Å². The third-order valence-electron chi connectivity index (χ3n) is 5.02. The lowest BCUT2D eigenvalue weighted by Crippen LogP contribution is -2.34. The molecule has 0 bridgehead atoms. The van der Waals surface area contributed by atoms with E-state index in [9.17, 15) is 0 Å². The third-order valence-corrected chi connectivity index (χ3v) is 5.99. The molecule has 0 aromatic carbocycles. The highest BCUT2D eigenvalue weighted by molar-refractivity contribution is 7.10. The molecule has 2 fully saturated rings. The number of thiophene rings is 1. The predicted octanol–water partition coefficient (Wildman–Crippen LogP) is 2.84. The summed E-state index contributed by atoms with van der Waals surface area (Å²) in [5.41, 5.74) is 1.50. The van der Waals surface area contributed by atoms with E-state index in [0.717, 1.165) is 25.5 Å². The largest absolute Gasteiger partial charge is 0.299 e. The molecule has 4 heterocycles. The highest BCUT2D eigenvalue weighted by Gasteiger charge is 2.23. The Morgan fingerprint density at radius 3 is 2.83 bits per heavy atom. The van der Waals surface area contributed by atoms with Crippen molar-refractivity contribution >= 4 is 11.3 Å². The van der Waals surface area contributed by atoms with Crippen LogP contribution in [0, 0.1) is 0 Å². The molecule has 2 aliphatic rings. The van der Waals surface area contributed by atoms with Gasteiger partial charge in [0, 0.05) is 30.4 Å². The molecule has 5 nitrogen and oxygen atoms in total. The summed E-state index contributed by atoms with van der Waals surface area (Å²) in [6, 6.07) is 2.42. The lowest BCUT2D eigenvalue weighted by molar-refractivity contribution is 0.198. The van der Waals surface area contributed by atoms with Crippen LogP contribution in [0.1, 0.15) is 47.9 Å². The first-order valence-corrected chi connectivity index (χ1v) is 9.61. The summed E-state index contributed by atoms with van der Waals surface area (Å²) in [5, 5.41) is 9.40. The maximum atomic E-state index is 4.35. The van der Waals surface area contributed by atoms with Crippen molar-refractivity contribution in [2.24, 2.45) is 0 Å². The number of hydrogen-bond acceptors (Lipinski definition) is 5. The van der Waals surface area contributed by atoms with Crippen LogP contribution >= 0.6 is 11.3 Å². The van der Waals surface area contributed by atoms with Gasteiger partial charge in [0.25, 0.3) is 0 Å². The van der Waals surface area contributed by atoms with E-state index in [-0.39, 0.29) is 0 Å². The minimum atomic E-state index is 0.510. The second kappa shape index (κ2) is 7.11. The molecule has 2 saturated heterocycles. The van der Waals surface area contributed by atoms with E-state index in [1.54, 1.807) is 6.33 Å². The van der Waals surface area contributed by atoms with Crippen molar-refractivity contribution in [2.45, 2.75) is 44.7 Å². The maximum absolute atomic E-state index is 4.35. The van der Waals surface area contributed by atoms with Gasteiger partial charge in [-0.1, -0.05) is 0 Å². The van der Waals surface area contributed by atoms with Gasteiger partial charge in [-0.3, -0.25) is 14.9 Å². The molecule has 2 aromatic rings. The fourth-order valence-electron chi connectivity index (χ4n) is 3.85. The Morgan fingerprint density at radius 1 is 1.13 bits per heavy atom. The highest BCUT2D eigenvalue weighted by atomic mass is 32.1. The molecule has 124 valence electrons. The Morgan fingerprint density at radius 2 is 2.00 bits per heavy atom. The van der Waals surface area contributed by atoms with Gasteiger partial charge in [0.2, 0.25) is 0 Å². The molecule has 1 atom stereocenters. The Kier molecular flexibility index (Phi) is 4.73. The van der Waals surface area contributed by atoms with Gasteiger partial charge >= 0.3 is 0 Å². The monoisotopic (exact) mass is 331 g/mol. The van der Waals surface area contributed by atoms with Crippen LogP contribution in [-0.4, -0.2) is 51.2 Å². The fourth-order valence-corrected chi connectivity index (χ4v) is 4.77. The van der Waals surface area contributed by atoms with E-state index >= 15 is 0 Å². The number of nitrogens with one attached hydrogen (secondary N) is 1. The molecule has 4 rings (SSSR count). The Bertz CT molecular complexity index is 602. The van der Waals surface area contributed by atoms with Crippen LogP contribution in [0.25, 0.3) is 0 Å². The van der Waals surface area contributed by atoms with Gasteiger partial charge in [0.05, 0.1) is 0 Å². The number of aromatic amines is 1. The van der Waals surface area contributed by atoms with Gasteiger partial charge in [0.1, 0.15) is 12.2 Å². The lowest BCUT2D eigenvalue weighted by Gasteiger charge is -2.31. The molecule has 0 amide bonds. The lowest BCUT2D eigenvalue weighted by atomic mass is 9.97. The summed E-state index contributed by atoms with van der Waals surface area (Å²) in [7, 11) is 0. The first-order valence-electron chi connectivity index (χ1n) is 8.73. The van der Waals surface area contributed by atoms with Crippen LogP contribution in [0.15, 0.2) is 17.8 Å². The molecule has 0 saturated carbocycles. The van der Waals surface area contributed by atoms with Gasteiger partial charge in [-0.05, 0) is 62.3 Å². The number of piperidine rings is 1. The van der Waals surface area contributed by atoms with Crippen LogP contribution in [0.5, 0.6) is 0 Å². The van der Waals surface area contributed by atoms with Crippen molar-refractivity contribution in [3.8, 4) is 0 Å². The zero-order valence-corrected chi connectivity index (χ0v) is 14.4. The van der Waals surface area contributed by atoms with E-state index in [2.05, 4.69) is 36.4 Å². The van der Waals surface area contributed by atoms with Crippen LogP contribution in [0.3, 0.4) is 0 Å². The first kappa shape index (κ1) is 15.3. The maximum Gasteiger partial charge on any atom is 0.137 e. The average molecular weight is 331 g/mol. The second-order valence-corrected chi connectivity index (χ2v) is 7.85. The van der Waals surface area contributed by atoms with Gasteiger partial charge < -0.3 is 0 Å². The topological polar surface area (TPSA) is 48.1 Å². The first-order chi connectivity index (χ1) is 11.4. The van der Waals surface area contributed by atoms with E-state index < -0.39 is 0 Å². The van der Waals surface area contributed by atoms with Gasteiger partial charge in [0.15, 0.2) is 0 Å². The summed E-state index contributed by atoms with van der Waals surface area (Å²) < 4.78 is 0. The Balaban J connectivity index is 1.33. The zero-order chi connectivity index (χ0) is 15.5. The number of likely N-dealkylation sites (tertiary alicyclic amines) is 2. The number of nitrogens with zero attached hydrogens (tertiary/aromatic N) is 4. The molecule has 23 heavy (non-hydrogen) atoms. The standard InChI is InChI=1S/C17H25N5S/c1-2-6-21(5-1)9-14-8-16(23-12-14)11-22-7-3-4-15(10-22)17-18-13-19-20-17/h8,12-13,15H,1-7,9-11H2,(H,18,19,20). The summed E-state index contributed by atoms with van der Waals surface area (Å²) in [4.78, 5) is 11.0. The number of hydrogen-bond donors (Lipinski definition) is 1. The molecular formula is C17H25N5S. The molecule has 2 aliphatic heterocycles. The van der Waals surface area contributed by atoms with Crippen molar-refractivity contribution in [2.75, 3.05) is 26.2 Å². The molecule has 6 heteroatoms. The fraction of sp³-hybridized carbons (Fsp3) is 0.647. The van der Waals surface area contributed by atoms with Crippen molar-refractivity contribution in [3.05, 3.63) is 34.0 Å². The second-order valence-electron chi connectivity index (χ2n) is 6.85. The number of aromatic nitrogens is 3. The quantitative estimate of drug-likeness (QED) is 0.915. The Labute approximate surface area is 141 Å². The van der Waals surface area contributed by atoms with Crippen molar-refractivity contribution in [1.29, 1.82) is 0 Å². The molecule has 0 aliphatic carbocycles. The van der Waals surface area contributed by atoms with Crippen molar-refractivity contribution < 1.29 is 0 Å². The Hall–Kier alpha value is -1.24. The highest BCUT2D eigenvalue weighted by Crippen LogP contribution is 2.27. The summed E-state index contributed by atoms with van der Waals surface area (Å²) in [5.74, 6) is 1.56. The minimum absolute atomic E-state index is 0.510. The van der Waals surface area contributed by atoms with E-state index in [1.807, 2.05) is 11.3 Å². The zero-order valence-electron chi connectivity index (χ0n) is 13.6. The molecule has 1 N–H and O–H groups in total. The number of H-pyrrole nitrogens is 1. The van der Waals surface area contributed by atoms with E-state index in [0.29, 0.717) is 5.92 Å². The summed E-state index contributed by atoms with van der Waals surface area (Å²) >= 11 is 1.92. The SMILES string of the molecule is c1n[nH]c(C2CCCN(Cc3cc(CN4CCCC4)cs3)C2)n1. The van der Waals surface area contributed by atoms with Crippen LogP contribution in [0.2, 0.25) is 0 Å². The molecule has 0 spiro atoms. The van der Waals surface area contributed by atoms with Crippen molar-refractivity contribution in [1.82, 2.24) is 25.0 Å². The smallest absolute Gasteiger partial charge is 0.137 e. The van der Waals surface area contributed by atoms with Crippen molar-refractivity contribution in [3.63, 3.8) is 0 Å². The predicted molar refractivity (Wildman–Crippen MR) is 92.5 cm³/mol. The summed E-state index contributed by atoms with van der Waals surface area (Å²) in [6.45, 7) is 7.05. The third kappa shape index (κ3) is 3.82. The number of rotatable bonds is 5. The van der Waals surface area contributed by atoms with E-state index in [1.165, 1.54) is 55.8 Å². The normalized spacial score (nSPS) is 23.6. The van der Waals surface area contributed by atoms with E-state index in [4.69, 9.17) is 0 Å². The summed E-state index contributed by atoms with van der Waals surface area (Å²) in [6.07, 6.45) is 6.83. The molecule has 1 unspecified atom stereocenters. The molecular weight excluding hydrogens is 306 g/mol. The van der Waals surface area contributed by atoms with Crippen LogP contribution in [-0.2, 0) is 13.1 Å². The molecule has 2 aromatic heterocycles. The minimum Gasteiger partial charge on any atom is -0.299 e. The average Bonchev–Trinajstić information content (AvgIpc) is 3.30. The van der Waals surface area contributed by atoms with Crippen LogP contribution < -0.4 is 0 Å².